The molecule has 1 aromatic carbocycles. The Hall–Kier alpha value is -1.68. The SMILES string of the molecule is CCc1ccc(-n2c3c(c(=S)[nH]c2=O)CCC3)cc1. The fourth-order valence-corrected chi connectivity index (χ4v) is 3.03. The van der Waals surface area contributed by atoms with Crippen molar-refractivity contribution in [1.29, 1.82) is 0 Å². The molecular formula is C15H16N2OS. The van der Waals surface area contributed by atoms with Crippen molar-refractivity contribution in [3.05, 3.63) is 56.2 Å². The monoisotopic (exact) mass is 272 g/mol. The molecular weight excluding hydrogens is 256 g/mol. The van der Waals surface area contributed by atoms with Crippen molar-refractivity contribution in [1.82, 2.24) is 9.55 Å². The number of aromatic nitrogens is 2. The molecule has 0 fully saturated rings. The molecule has 3 rings (SSSR count). The van der Waals surface area contributed by atoms with Gasteiger partial charge < -0.3 is 0 Å². The van der Waals surface area contributed by atoms with E-state index in [4.69, 9.17) is 12.2 Å². The van der Waals surface area contributed by atoms with E-state index in [2.05, 4.69) is 24.0 Å². The highest BCUT2D eigenvalue weighted by atomic mass is 32.1. The van der Waals surface area contributed by atoms with Gasteiger partial charge in [0.15, 0.2) is 0 Å². The van der Waals surface area contributed by atoms with Gasteiger partial charge in [-0.25, -0.2) is 4.79 Å². The second-order valence-corrected chi connectivity index (χ2v) is 5.30. The van der Waals surface area contributed by atoms with Gasteiger partial charge in [0, 0.05) is 11.3 Å². The fourth-order valence-electron chi connectivity index (χ4n) is 2.72. The molecule has 2 aromatic rings. The van der Waals surface area contributed by atoms with Crippen molar-refractivity contribution in [2.24, 2.45) is 0 Å². The van der Waals surface area contributed by atoms with Gasteiger partial charge in [0.1, 0.15) is 4.64 Å². The Bertz CT molecular complexity index is 725. The number of H-pyrrole nitrogens is 1. The van der Waals surface area contributed by atoms with Crippen LogP contribution in [0.3, 0.4) is 0 Å². The maximum absolute atomic E-state index is 12.2. The van der Waals surface area contributed by atoms with Crippen LogP contribution in [0.4, 0.5) is 0 Å². The van der Waals surface area contributed by atoms with Crippen molar-refractivity contribution in [3.8, 4) is 5.69 Å². The number of hydrogen-bond acceptors (Lipinski definition) is 2. The Kier molecular flexibility index (Phi) is 3.11. The number of hydrogen-bond donors (Lipinski definition) is 1. The van der Waals surface area contributed by atoms with Gasteiger partial charge in [-0.05, 0) is 43.4 Å². The molecule has 0 spiro atoms. The summed E-state index contributed by atoms with van der Waals surface area (Å²) >= 11 is 5.25. The van der Waals surface area contributed by atoms with Crippen molar-refractivity contribution >= 4 is 12.2 Å². The lowest BCUT2D eigenvalue weighted by atomic mass is 10.1. The van der Waals surface area contributed by atoms with Gasteiger partial charge in [-0.1, -0.05) is 31.3 Å². The number of rotatable bonds is 2. The number of aryl methyl sites for hydroxylation is 1. The summed E-state index contributed by atoms with van der Waals surface area (Å²) in [4.78, 5) is 15.0. The number of aromatic amines is 1. The summed E-state index contributed by atoms with van der Waals surface area (Å²) in [5.74, 6) is 0. The van der Waals surface area contributed by atoms with Crippen molar-refractivity contribution in [2.75, 3.05) is 0 Å². The van der Waals surface area contributed by atoms with Crippen LogP contribution < -0.4 is 5.69 Å². The maximum atomic E-state index is 12.2. The highest BCUT2D eigenvalue weighted by Gasteiger charge is 2.18. The van der Waals surface area contributed by atoms with Gasteiger partial charge >= 0.3 is 5.69 Å². The normalized spacial score (nSPS) is 13.5. The van der Waals surface area contributed by atoms with E-state index < -0.39 is 0 Å². The summed E-state index contributed by atoms with van der Waals surface area (Å²) in [5.41, 5.74) is 4.28. The van der Waals surface area contributed by atoms with Gasteiger partial charge in [0.2, 0.25) is 0 Å². The smallest absolute Gasteiger partial charge is 0.298 e. The summed E-state index contributed by atoms with van der Waals surface area (Å²) in [5, 5.41) is 0. The van der Waals surface area contributed by atoms with Gasteiger partial charge in [-0.15, -0.1) is 0 Å². The lowest BCUT2D eigenvalue weighted by Gasteiger charge is -2.12. The van der Waals surface area contributed by atoms with Gasteiger partial charge in [0.25, 0.3) is 0 Å². The molecule has 4 heteroatoms. The van der Waals surface area contributed by atoms with E-state index in [1.807, 2.05) is 12.1 Å². The minimum Gasteiger partial charge on any atom is -0.298 e. The largest absolute Gasteiger partial charge is 0.331 e. The minimum atomic E-state index is -0.130. The van der Waals surface area contributed by atoms with E-state index in [1.165, 1.54) is 5.56 Å². The van der Waals surface area contributed by atoms with E-state index in [-0.39, 0.29) is 5.69 Å². The molecule has 98 valence electrons. The minimum absolute atomic E-state index is 0.130. The average molecular weight is 272 g/mol. The lowest BCUT2D eigenvalue weighted by Crippen LogP contribution is -2.25. The van der Waals surface area contributed by atoms with Crippen LogP contribution in [0.25, 0.3) is 5.69 Å². The molecule has 0 unspecified atom stereocenters. The van der Waals surface area contributed by atoms with Crippen LogP contribution in [-0.4, -0.2) is 9.55 Å². The molecule has 1 heterocycles. The average Bonchev–Trinajstić information content (AvgIpc) is 2.89. The molecule has 1 aliphatic rings. The Balaban J connectivity index is 2.22. The first kappa shape index (κ1) is 12.4. The molecule has 0 aliphatic heterocycles. The highest BCUT2D eigenvalue weighted by molar-refractivity contribution is 7.71. The molecule has 0 radical (unpaired) electrons. The van der Waals surface area contributed by atoms with Crippen molar-refractivity contribution < 1.29 is 0 Å². The summed E-state index contributed by atoms with van der Waals surface area (Å²) in [7, 11) is 0. The van der Waals surface area contributed by atoms with E-state index in [0.29, 0.717) is 4.64 Å². The Morgan fingerprint density at radius 3 is 2.68 bits per heavy atom. The van der Waals surface area contributed by atoms with E-state index in [1.54, 1.807) is 4.57 Å². The zero-order chi connectivity index (χ0) is 13.4. The third-order valence-corrected chi connectivity index (χ3v) is 4.11. The first-order valence-electron chi connectivity index (χ1n) is 6.67. The number of nitrogens with one attached hydrogen (secondary N) is 1. The molecule has 1 aromatic heterocycles. The molecule has 1 aliphatic carbocycles. The van der Waals surface area contributed by atoms with Crippen LogP contribution in [0.5, 0.6) is 0 Å². The van der Waals surface area contributed by atoms with Crippen LogP contribution in [0.1, 0.15) is 30.2 Å². The number of nitrogens with zero attached hydrogens (tertiary/aromatic N) is 1. The van der Waals surface area contributed by atoms with Crippen LogP contribution in [-0.2, 0) is 19.3 Å². The summed E-state index contributed by atoms with van der Waals surface area (Å²) < 4.78 is 2.39. The summed E-state index contributed by atoms with van der Waals surface area (Å²) in [6, 6.07) is 8.17. The topological polar surface area (TPSA) is 37.8 Å². The number of benzene rings is 1. The Morgan fingerprint density at radius 2 is 2.00 bits per heavy atom. The number of fused-ring (bicyclic) bond motifs is 1. The van der Waals surface area contributed by atoms with Crippen molar-refractivity contribution in [2.45, 2.75) is 32.6 Å². The molecule has 0 saturated heterocycles. The van der Waals surface area contributed by atoms with E-state index >= 15 is 0 Å². The first-order chi connectivity index (χ1) is 9.20. The molecule has 19 heavy (non-hydrogen) atoms. The summed E-state index contributed by atoms with van der Waals surface area (Å²) in [6.45, 7) is 2.12. The second kappa shape index (κ2) is 4.78. The zero-order valence-electron chi connectivity index (χ0n) is 10.9. The van der Waals surface area contributed by atoms with Crippen LogP contribution in [0, 0.1) is 4.64 Å². The standard InChI is InChI=1S/C15H16N2OS/c1-2-10-6-8-11(9-7-10)17-13-5-3-4-12(13)14(19)16-15(17)18/h6-9H,2-5H2,1H3,(H,16,18,19). The second-order valence-electron chi connectivity index (χ2n) is 4.89. The zero-order valence-corrected chi connectivity index (χ0v) is 11.7. The predicted octanol–water partition coefficient (Wildman–Crippen LogP) is 2.95. The van der Waals surface area contributed by atoms with E-state index in [9.17, 15) is 4.79 Å². The summed E-state index contributed by atoms with van der Waals surface area (Å²) in [6.07, 6.45) is 3.98. The quantitative estimate of drug-likeness (QED) is 0.854. The molecule has 3 nitrogen and oxygen atoms in total. The van der Waals surface area contributed by atoms with E-state index in [0.717, 1.165) is 42.6 Å². The first-order valence-corrected chi connectivity index (χ1v) is 7.08. The van der Waals surface area contributed by atoms with Crippen LogP contribution in [0.2, 0.25) is 0 Å². The molecule has 0 bridgehead atoms. The van der Waals surface area contributed by atoms with Crippen LogP contribution >= 0.6 is 12.2 Å². The maximum Gasteiger partial charge on any atom is 0.331 e. The fraction of sp³-hybridized carbons (Fsp3) is 0.333. The van der Waals surface area contributed by atoms with Gasteiger partial charge in [-0.2, -0.15) is 0 Å². The lowest BCUT2D eigenvalue weighted by molar-refractivity contribution is 0.824. The van der Waals surface area contributed by atoms with Crippen molar-refractivity contribution in [3.63, 3.8) is 0 Å². The van der Waals surface area contributed by atoms with Crippen LogP contribution in [0.15, 0.2) is 29.1 Å². The third-order valence-electron chi connectivity index (χ3n) is 3.76. The Morgan fingerprint density at radius 1 is 1.26 bits per heavy atom. The highest BCUT2D eigenvalue weighted by Crippen LogP contribution is 2.23. The predicted molar refractivity (Wildman–Crippen MR) is 78.6 cm³/mol. The Labute approximate surface area is 116 Å². The third kappa shape index (κ3) is 2.06. The van der Waals surface area contributed by atoms with Gasteiger partial charge in [-0.3, -0.25) is 9.55 Å². The molecule has 0 amide bonds. The molecule has 1 N–H and O–H groups in total. The molecule has 0 saturated carbocycles. The molecule has 0 atom stereocenters. The van der Waals surface area contributed by atoms with Gasteiger partial charge in [0.05, 0.1) is 5.69 Å².